The molecule has 1 aliphatic rings. The maximum absolute atomic E-state index is 12.8. The molecule has 1 atom stereocenters. The molecule has 6 heteroatoms. The second-order valence-corrected chi connectivity index (χ2v) is 6.84. The van der Waals surface area contributed by atoms with Crippen molar-refractivity contribution in [3.05, 3.63) is 71.3 Å². The number of anilines is 1. The Morgan fingerprint density at radius 1 is 1.07 bits per heavy atom. The summed E-state index contributed by atoms with van der Waals surface area (Å²) in [5, 5.41) is 10.9. The molecule has 0 aliphatic carbocycles. The highest BCUT2D eigenvalue weighted by molar-refractivity contribution is 6.46. The van der Waals surface area contributed by atoms with Gasteiger partial charge in [0.1, 0.15) is 5.76 Å². The summed E-state index contributed by atoms with van der Waals surface area (Å²) < 4.78 is 5.11. The van der Waals surface area contributed by atoms with Crippen molar-refractivity contribution in [3.63, 3.8) is 0 Å². The van der Waals surface area contributed by atoms with Crippen molar-refractivity contribution in [2.24, 2.45) is 0 Å². The number of aliphatic hydroxyl groups is 1. The summed E-state index contributed by atoms with van der Waals surface area (Å²) in [4.78, 5) is 28.9. The number of hydrogen-bond acceptors (Lipinski definition) is 5. The van der Waals surface area contributed by atoms with Gasteiger partial charge in [0.2, 0.25) is 0 Å². The van der Waals surface area contributed by atoms with Gasteiger partial charge in [-0.2, -0.15) is 0 Å². The van der Waals surface area contributed by atoms with Crippen LogP contribution >= 0.6 is 0 Å². The number of nitrogens with zero attached hydrogens (tertiary/aromatic N) is 2. The fourth-order valence-corrected chi connectivity index (χ4v) is 3.35. The molecule has 6 nitrogen and oxygen atoms in total. The van der Waals surface area contributed by atoms with Gasteiger partial charge >= 0.3 is 0 Å². The Morgan fingerprint density at radius 3 is 2.29 bits per heavy atom. The predicted octanol–water partition coefficient (Wildman–Crippen LogP) is 2.82. The Kier molecular flexibility index (Phi) is 5.80. The van der Waals surface area contributed by atoms with E-state index in [1.807, 2.05) is 49.3 Å². The van der Waals surface area contributed by atoms with Gasteiger partial charge in [-0.05, 0) is 17.7 Å². The minimum atomic E-state index is -0.681. The van der Waals surface area contributed by atoms with Crippen molar-refractivity contribution in [3.8, 4) is 0 Å². The third-order valence-electron chi connectivity index (χ3n) is 4.85. The van der Waals surface area contributed by atoms with Gasteiger partial charge in [0.15, 0.2) is 0 Å². The molecule has 2 aromatic carbocycles. The number of aliphatic hydroxyl groups excluding tert-OH is 1. The first kappa shape index (κ1) is 19.6. The molecule has 1 saturated heterocycles. The third kappa shape index (κ3) is 3.64. The van der Waals surface area contributed by atoms with E-state index in [2.05, 4.69) is 0 Å². The van der Waals surface area contributed by atoms with E-state index in [1.165, 1.54) is 4.90 Å². The van der Waals surface area contributed by atoms with Gasteiger partial charge in [0, 0.05) is 39.0 Å². The molecule has 0 unspecified atom stereocenters. The molecule has 3 rings (SSSR count). The van der Waals surface area contributed by atoms with Crippen LogP contribution in [0.2, 0.25) is 0 Å². The molecule has 1 N–H and O–H groups in total. The Balaban J connectivity index is 2.12. The fraction of sp³-hybridized carbons (Fsp3) is 0.273. The van der Waals surface area contributed by atoms with E-state index in [4.69, 9.17) is 4.74 Å². The zero-order valence-electron chi connectivity index (χ0n) is 16.3. The summed E-state index contributed by atoms with van der Waals surface area (Å²) in [6.45, 7) is 0.553. The van der Waals surface area contributed by atoms with Gasteiger partial charge in [-0.15, -0.1) is 0 Å². The molecular weight excluding hydrogens is 356 g/mol. The maximum Gasteiger partial charge on any atom is 0.295 e. The van der Waals surface area contributed by atoms with Crippen LogP contribution in [0, 0.1) is 0 Å². The van der Waals surface area contributed by atoms with E-state index in [9.17, 15) is 14.7 Å². The van der Waals surface area contributed by atoms with Crippen molar-refractivity contribution in [2.75, 3.05) is 39.3 Å². The first-order chi connectivity index (χ1) is 13.5. The molecule has 0 radical (unpaired) electrons. The molecule has 28 heavy (non-hydrogen) atoms. The van der Waals surface area contributed by atoms with E-state index >= 15 is 0 Å². The van der Waals surface area contributed by atoms with E-state index in [-0.39, 0.29) is 17.9 Å². The molecule has 0 bridgehead atoms. The van der Waals surface area contributed by atoms with Crippen molar-refractivity contribution < 1.29 is 19.4 Å². The third-order valence-corrected chi connectivity index (χ3v) is 4.85. The van der Waals surface area contributed by atoms with Crippen LogP contribution in [0.5, 0.6) is 0 Å². The normalized spacial score (nSPS) is 18.5. The number of carbonyl (C=O) groups excluding carboxylic acids is 2. The van der Waals surface area contributed by atoms with Gasteiger partial charge in [-0.3, -0.25) is 9.59 Å². The topological polar surface area (TPSA) is 70.1 Å². The standard InChI is InChI=1S/C22H24N2O4/c1-23(2)17-11-9-15(10-12-17)19-18(20(25)16-7-5-4-6-8-16)21(26)22(27)24(19)13-14-28-3/h4-12,19,25H,13-14H2,1-3H3/t19-/m0/s1. The lowest BCUT2D eigenvalue weighted by molar-refractivity contribution is -0.140. The van der Waals surface area contributed by atoms with Crippen molar-refractivity contribution in [1.29, 1.82) is 0 Å². The SMILES string of the molecule is COCCN1C(=O)C(=O)C(=C(O)c2ccccc2)[C@@H]1c1ccc(N(C)C)cc1. The van der Waals surface area contributed by atoms with E-state index in [0.29, 0.717) is 12.2 Å². The summed E-state index contributed by atoms with van der Waals surface area (Å²) >= 11 is 0. The van der Waals surface area contributed by atoms with Crippen molar-refractivity contribution >= 4 is 23.1 Å². The molecule has 146 valence electrons. The van der Waals surface area contributed by atoms with Crippen LogP contribution in [0.25, 0.3) is 5.76 Å². The van der Waals surface area contributed by atoms with Crippen LogP contribution < -0.4 is 4.90 Å². The molecule has 0 saturated carbocycles. The number of hydrogen-bond donors (Lipinski definition) is 1. The maximum atomic E-state index is 12.8. The second-order valence-electron chi connectivity index (χ2n) is 6.84. The molecule has 1 fully saturated rings. The zero-order valence-corrected chi connectivity index (χ0v) is 16.3. The second kappa shape index (κ2) is 8.27. The number of likely N-dealkylation sites (tertiary alicyclic amines) is 1. The largest absolute Gasteiger partial charge is 0.507 e. The summed E-state index contributed by atoms with van der Waals surface area (Å²) in [5.41, 5.74) is 2.37. The number of benzene rings is 2. The molecule has 2 aromatic rings. The minimum Gasteiger partial charge on any atom is -0.507 e. The average Bonchev–Trinajstić information content (AvgIpc) is 2.97. The summed E-state index contributed by atoms with van der Waals surface area (Å²) in [6.07, 6.45) is 0. The number of Topliss-reactive ketones (excluding diaryl/α,β-unsaturated/α-hetero) is 1. The Bertz CT molecular complexity index is 889. The lowest BCUT2D eigenvalue weighted by Gasteiger charge is -2.25. The van der Waals surface area contributed by atoms with Crippen LogP contribution in [0.15, 0.2) is 60.2 Å². The highest BCUT2D eigenvalue weighted by Crippen LogP contribution is 2.39. The zero-order chi connectivity index (χ0) is 20.3. The fourth-order valence-electron chi connectivity index (χ4n) is 3.35. The van der Waals surface area contributed by atoms with E-state index in [1.54, 1.807) is 31.4 Å². The monoisotopic (exact) mass is 380 g/mol. The van der Waals surface area contributed by atoms with Gasteiger partial charge < -0.3 is 19.6 Å². The number of ether oxygens (including phenoxy) is 1. The van der Waals surface area contributed by atoms with Gasteiger partial charge in [0.25, 0.3) is 11.7 Å². The van der Waals surface area contributed by atoms with E-state index < -0.39 is 17.7 Å². The van der Waals surface area contributed by atoms with Gasteiger partial charge in [-0.1, -0.05) is 42.5 Å². The average molecular weight is 380 g/mol. The molecule has 1 aliphatic heterocycles. The lowest BCUT2D eigenvalue weighted by atomic mass is 9.95. The van der Waals surface area contributed by atoms with Crippen molar-refractivity contribution in [1.82, 2.24) is 4.90 Å². The Morgan fingerprint density at radius 2 is 1.71 bits per heavy atom. The van der Waals surface area contributed by atoms with Gasteiger partial charge in [0.05, 0.1) is 18.2 Å². The quantitative estimate of drug-likeness (QED) is 0.474. The number of ketones is 1. The van der Waals surface area contributed by atoms with Crippen LogP contribution in [0.3, 0.4) is 0 Å². The molecular formula is C22H24N2O4. The number of methoxy groups -OCH3 is 1. The predicted molar refractivity (Wildman–Crippen MR) is 108 cm³/mol. The Hall–Kier alpha value is -3.12. The van der Waals surface area contributed by atoms with Crippen LogP contribution in [0.4, 0.5) is 5.69 Å². The first-order valence-corrected chi connectivity index (χ1v) is 9.05. The van der Waals surface area contributed by atoms with E-state index in [0.717, 1.165) is 11.3 Å². The number of rotatable bonds is 6. The lowest BCUT2D eigenvalue weighted by Crippen LogP contribution is -2.32. The van der Waals surface area contributed by atoms with Crippen molar-refractivity contribution in [2.45, 2.75) is 6.04 Å². The smallest absolute Gasteiger partial charge is 0.295 e. The minimum absolute atomic E-state index is 0.102. The summed E-state index contributed by atoms with van der Waals surface area (Å²) in [6, 6.07) is 15.7. The van der Waals surface area contributed by atoms with Gasteiger partial charge in [-0.25, -0.2) is 0 Å². The molecule has 0 spiro atoms. The first-order valence-electron chi connectivity index (χ1n) is 9.05. The van der Waals surface area contributed by atoms with Crippen LogP contribution in [0.1, 0.15) is 17.2 Å². The highest BCUT2D eigenvalue weighted by Gasteiger charge is 2.45. The molecule has 1 amide bonds. The number of carbonyl (C=O) groups is 2. The molecule has 1 heterocycles. The summed E-state index contributed by atoms with van der Waals surface area (Å²) in [5.74, 6) is -1.48. The van der Waals surface area contributed by atoms with Crippen LogP contribution in [-0.4, -0.2) is 56.1 Å². The highest BCUT2D eigenvalue weighted by atomic mass is 16.5. The summed E-state index contributed by atoms with van der Waals surface area (Å²) in [7, 11) is 5.42. The van der Waals surface area contributed by atoms with Crippen LogP contribution in [-0.2, 0) is 14.3 Å². The molecule has 0 aromatic heterocycles. The number of amides is 1. The Labute approximate surface area is 164 Å².